The zero-order chi connectivity index (χ0) is 31.0. The summed E-state index contributed by atoms with van der Waals surface area (Å²) in [6.07, 6.45) is 5.24. The number of aromatic nitrogens is 2. The molecule has 1 aromatic heterocycles. The number of piperidine rings is 1. The summed E-state index contributed by atoms with van der Waals surface area (Å²) in [6, 6.07) is 13.0. The van der Waals surface area contributed by atoms with E-state index in [1.807, 2.05) is 25.1 Å². The summed E-state index contributed by atoms with van der Waals surface area (Å²) >= 11 is 0. The van der Waals surface area contributed by atoms with Gasteiger partial charge in [0.05, 0.1) is 11.8 Å². The van der Waals surface area contributed by atoms with E-state index in [1.165, 1.54) is 6.07 Å². The number of likely N-dealkylation sites (N-methyl/N-ethyl adjacent to an activating group) is 1. The number of carbonyl (C=O) groups excluding carboxylic acids is 2. The summed E-state index contributed by atoms with van der Waals surface area (Å²) in [5, 5.41) is 6.29. The summed E-state index contributed by atoms with van der Waals surface area (Å²) in [6.45, 7) is 7.91. The highest BCUT2D eigenvalue weighted by Gasteiger charge is 2.32. The first-order valence-electron chi connectivity index (χ1n) is 15.5. The molecule has 3 heterocycles. The number of anilines is 4. The largest absolute Gasteiger partial charge is 0.366 e. The molecule has 2 aromatic carbocycles. The van der Waals surface area contributed by atoms with Gasteiger partial charge in [0, 0.05) is 55.7 Å². The number of nitrogens with one attached hydrogen (secondary N) is 2. The second kappa shape index (κ2) is 12.4. The molecule has 3 aliphatic rings. The van der Waals surface area contributed by atoms with Crippen molar-refractivity contribution in [1.82, 2.24) is 20.2 Å². The van der Waals surface area contributed by atoms with Gasteiger partial charge in [0.2, 0.25) is 0 Å². The number of hydrogen-bond acceptors (Lipinski definition) is 8. The third-order valence-corrected chi connectivity index (χ3v) is 9.17. The Hall–Kier alpha value is -4.25. The number of halogens is 1. The highest BCUT2D eigenvalue weighted by molar-refractivity contribution is 5.96. The lowest BCUT2D eigenvalue weighted by Crippen LogP contribution is -2.54. The van der Waals surface area contributed by atoms with Gasteiger partial charge in [-0.05, 0) is 94.5 Å². The van der Waals surface area contributed by atoms with Crippen LogP contribution in [0.4, 0.5) is 27.4 Å². The lowest BCUT2D eigenvalue weighted by molar-refractivity contribution is 0.0919. The van der Waals surface area contributed by atoms with E-state index in [2.05, 4.69) is 56.4 Å². The molecule has 11 heteroatoms. The Labute approximate surface area is 257 Å². The SMILES string of the molecule is CC1CN(C)CCN1c1ccc(Nc2nc(N3CCC[C@@H](NC(=O)c4ccc(C5CC5)cc4F)[C@H]3C)cnc2C(N)=O)cc1. The van der Waals surface area contributed by atoms with Crippen LogP contribution in [-0.4, -0.2) is 78.0 Å². The molecule has 3 atom stereocenters. The van der Waals surface area contributed by atoms with Crippen molar-refractivity contribution < 1.29 is 14.0 Å². The Morgan fingerprint density at radius 3 is 2.45 bits per heavy atom. The summed E-state index contributed by atoms with van der Waals surface area (Å²) < 4.78 is 14.8. The van der Waals surface area contributed by atoms with Crippen molar-refractivity contribution in [3.05, 3.63) is 71.3 Å². The van der Waals surface area contributed by atoms with Crippen molar-refractivity contribution in [3.8, 4) is 0 Å². The number of nitrogens with zero attached hydrogens (tertiary/aromatic N) is 5. The van der Waals surface area contributed by atoms with Crippen LogP contribution < -0.4 is 26.2 Å². The number of nitrogens with two attached hydrogens (primary N) is 1. The molecular weight excluding hydrogens is 559 g/mol. The van der Waals surface area contributed by atoms with Gasteiger partial charge in [-0.1, -0.05) is 6.07 Å². The highest BCUT2D eigenvalue weighted by atomic mass is 19.1. The van der Waals surface area contributed by atoms with Gasteiger partial charge in [-0.15, -0.1) is 0 Å². The van der Waals surface area contributed by atoms with Crippen LogP contribution >= 0.6 is 0 Å². The summed E-state index contributed by atoms with van der Waals surface area (Å²) in [5.41, 5.74) is 8.62. The molecule has 0 radical (unpaired) electrons. The standard InChI is InChI=1S/C33H41FN8O2/c1-20-19-40(3)15-16-41(20)25-11-9-24(10-12-25)37-32-30(31(35)43)36-18-29(39-32)42-14-4-5-28(21(42)2)38-33(44)26-13-8-23(17-27(26)34)22-6-7-22/h8-13,17-18,20-22,28H,4-7,14-16,19H2,1-3H3,(H2,35,43)(H,37,39)(H,38,44)/t20?,21-,28-/m1/s1. The van der Waals surface area contributed by atoms with Crippen LogP contribution in [0.25, 0.3) is 0 Å². The maximum Gasteiger partial charge on any atom is 0.271 e. The lowest BCUT2D eigenvalue weighted by Gasteiger charge is -2.40. The summed E-state index contributed by atoms with van der Waals surface area (Å²) in [4.78, 5) is 41.3. The highest BCUT2D eigenvalue weighted by Crippen LogP contribution is 2.40. The molecule has 0 bridgehead atoms. The van der Waals surface area contributed by atoms with E-state index in [1.54, 1.807) is 12.3 Å². The van der Waals surface area contributed by atoms with E-state index in [0.717, 1.165) is 62.3 Å². The smallest absolute Gasteiger partial charge is 0.271 e. The third kappa shape index (κ3) is 6.33. The van der Waals surface area contributed by atoms with E-state index in [0.29, 0.717) is 24.3 Å². The first-order valence-corrected chi connectivity index (χ1v) is 15.5. The number of amides is 2. The fraction of sp³-hybridized carbons (Fsp3) is 0.455. The molecule has 232 valence electrons. The Balaban J connectivity index is 1.17. The number of rotatable bonds is 8. The van der Waals surface area contributed by atoms with Crippen LogP contribution in [0.3, 0.4) is 0 Å². The van der Waals surface area contributed by atoms with E-state index >= 15 is 0 Å². The van der Waals surface area contributed by atoms with Gasteiger partial charge < -0.3 is 31.1 Å². The minimum absolute atomic E-state index is 0.0464. The van der Waals surface area contributed by atoms with Gasteiger partial charge in [0.25, 0.3) is 11.8 Å². The first kappa shape index (κ1) is 29.8. The lowest BCUT2D eigenvalue weighted by atomic mass is 9.96. The van der Waals surface area contributed by atoms with Crippen LogP contribution in [0, 0.1) is 5.82 Å². The molecule has 2 aliphatic heterocycles. The van der Waals surface area contributed by atoms with Crippen molar-refractivity contribution in [3.63, 3.8) is 0 Å². The van der Waals surface area contributed by atoms with E-state index in [9.17, 15) is 14.0 Å². The molecule has 1 unspecified atom stereocenters. The Morgan fingerprint density at radius 1 is 1.00 bits per heavy atom. The second-order valence-electron chi connectivity index (χ2n) is 12.4. The Bertz CT molecular complexity index is 1530. The number of carbonyl (C=O) groups is 2. The van der Waals surface area contributed by atoms with Crippen molar-refractivity contribution in [2.75, 3.05) is 48.3 Å². The molecule has 6 rings (SSSR count). The van der Waals surface area contributed by atoms with Crippen molar-refractivity contribution >= 4 is 34.8 Å². The predicted molar refractivity (Wildman–Crippen MR) is 170 cm³/mol. The van der Waals surface area contributed by atoms with Crippen LogP contribution in [0.15, 0.2) is 48.7 Å². The molecule has 1 saturated carbocycles. The molecule has 4 N–H and O–H groups in total. The van der Waals surface area contributed by atoms with Crippen LogP contribution in [0.1, 0.15) is 71.9 Å². The third-order valence-electron chi connectivity index (χ3n) is 9.17. The van der Waals surface area contributed by atoms with Crippen molar-refractivity contribution in [2.45, 2.75) is 63.6 Å². The van der Waals surface area contributed by atoms with Crippen LogP contribution in [0.2, 0.25) is 0 Å². The van der Waals surface area contributed by atoms with Gasteiger partial charge >= 0.3 is 0 Å². The minimum Gasteiger partial charge on any atom is -0.366 e. The molecule has 3 aromatic rings. The normalized spacial score (nSPS) is 22.5. The maximum absolute atomic E-state index is 14.8. The molecule has 0 spiro atoms. The van der Waals surface area contributed by atoms with Crippen molar-refractivity contribution in [1.29, 1.82) is 0 Å². The fourth-order valence-corrected chi connectivity index (χ4v) is 6.47. The van der Waals surface area contributed by atoms with Gasteiger partial charge in [-0.25, -0.2) is 14.4 Å². The maximum atomic E-state index is 14.8. The average molecular weight is 601 g/mol. The Kier molecular flexibility index (Phi) is 8.40. The van der Waals surface area contributed by atoms with Gasteiger partial charge in [0.1, 0.15) is 11.6 Å². The van der Waals surface area contributed by atoms with E-state index < -0.39 is 17.6 Å². The van der Waals surface area contributed by atoms with Gasteiger partial charge in [-0.3, -0.25) is 9.59 Å². The van der Waals surface area contributed by atoms with Gasteiger partial charge in [-0.2, -0.15) is 0 Å². The van der Waals surface area contributed by atoms with E-state index in [-0.39, 0.29) is 29.2 Å². The number of benzene rings is 2. The van der Waals surface area contributed by atoms with Crippen LogP contribution in [0.5, 0.6) is 0 Å². The van der Waals surface area contributed by atoms with Crippen LogP contribution in [-0.2, 0) is 0 Å². The van der Waals surface area contributed by atoms with Gasteiger partial charge in [0.15, 0.2) is 11.5 Å². The molecule has 2 saturated heterocycles. The molecule has 44 heavy (non-hydrogen) atoms. The quantitative estimate of drug-likeness (QED) is 0.351. The molecule has 1 aliphatic carbocycles. The Morgan fingerprint density at radius 2 is 1.77 bits per heavy atom. The number of piperazine rings is 1. The minimum atomic E-state index is -0.680. The summed E-state index contributed by atoms with van der Waals surface area (Å²) in [7, 11) is 2.14. The monoisotopic (exact) mass is 600 g/mol. The topological polar surface area (TPSA) is 120 Å². The summed E-state index contributed by atoms with van der Waals surface area (Å²) in [5.74, 6) is -0.336. The first-order chi connectivity index (χ1) is 21.2. The zero-order valence-corrected chi connectivity index (χ0v) is 25.6. The average Bonchev–Trinajstić information content (AvgIpc) is 3.84. The predicted octanol–water partition coefficient (Wildman–Crippen LogP) is 4.26. The molecule has 2 amide bonds. The molecule has 10 nitrogen and oxygen atoms in total. The molecule has 3 fully saturated rings. The molecular formula is C33H41FN8O2. The van der Waals surface area contributed by atoms with Crippen molar-refractivity contribution in [2.24, 2.45) is 5.73 Å². The number of hydrogen-bond donors (Lipinski definition) is 3. The zero-order valence-electron chi connectivity index (χ0n) is 25.6. The van der Waals surface area contributed by atoms with E-state index in [4.69, 9.17) is 10.7 Å². The fourth-order valence-electron chi connectivity index (χ4n) is 6.47. The second-order valence-corrected chi connectivity index (χ2v) is 12.4. The number of primary amides is 1.